The molecule has 0 spiro atoms. The van der Waals surface area contributed by atoms with Crippen LogP contribution in [0.1, 0.15) is 23.6 Å². The fourth-order valence-corrected chi connectivity index (χ4v) is 3.68. The second-order valence-electron chi connectivity index (χ2n) is 7.25. The summed E-state index contributed by atoms with van der Waals surface area (Å²) in [5, 5.41) is 13.4. The van der Waals surface area contributed by atoms with E-state index in [1.807, 2.05) is 25.1 Å². The van der Waals surface area contributed by atoms with Gasteiger partial charge in [-0.15, -0.1) is 0 Å². The van der Waals surface area contributed by atoms with Crippen LogP contribution in [-0.4, -0.2) is 13.0 Å². The van der Waals surface area contributed by atoms with Gasteiger partial charge in [-0.2, -0.15) is 5.26 Å². The highest BCUT2D eigenvalue weighted by Gasteiger charge is 2.15. The number of halogens is 3. The molecule has 3 rings (SSSR count). The van der Waals surface area contributed by atoms with Crippen molar-refractivity contribution in [1.29, 1.82) is 5.26 Å². The van der Waals surface area contributed by atoms with Crippen molar-refractivity contribution in [2.24, 2.45) is 0 Å². The zero-order chi connectivity index (χ0) is 24.7. The quantitative estimate of drug-likeness (QED) is 0.252. The molecule has 34 heavy (non-hydrogen) atoms. The SMILES string of the molecule is CCc1ccc(NC(=O)/C(C#N)=C/c2cc(Cl)c(OCc3ccc(Cl)c(Cl)c3)c(OC)c2)cc1. The molecule has 174 valence electrons. The molecule has 3 aromatic rings. The fraction of sp³-hybridized carbons (Fsp3) is 0.154. The highest BCUT2D eigenvalue weighted by Crippen LogP contribution is 2.38. The Labute approximate surface area is 213 Å². The molecule has 5 nitrogen and oxygen atoms in total. The van der Waals surface area contributed by atoms with Gasteiger partial charge in [-0.25, -0.2) is 0 Å². The molecule has 0 unspecified atom stereocenters. The zero-order valence-electron chi connectivity index (χ0n) is 18.5. The van der Waals surface area contributed by atoms with E-state index in [1.165, 1.54) is 13.2 Å². The van der Waals surface area contributed by atoms with Gasteiger partial charge in [0.15, 0.2) is 11.5 Å². The van der Waals surface area contributed by atoms with E-state index in [2.05, 4.69) is 5.32 Å². The average Bonchev–Trinajstić information content (AvgIpc) is 2.84. The highest BCUT2D eigenvalue weighted by atomic mass is 35.5. The first-order valence-corrected chi connectivity index (χ1v) is 11.4. The number of nitrogens with zero attached hydrogens (tertiary/aromatic N) is 1. The number of ether oxygens (including phenoxy) is 2. The maximum Gasteiger partial charge on any atom is 0.266 e. The van der Waals surface area contributed by atoms with Gasteiger partial charge in [-0.3, -0.25) is 4.79 Å². The van der Waals surface area contributed by atoms with Crippen LogP contribution in [0.25, 0.3) is 6.08 Å². The van der Waals surface area contributed by atoms with Gasteiger partial charge in [0.1, 0.15) is 18.2 Å². The molecular weight excluding hydrogens is 495 g/mol. The van der Waals surface area contributed by atoms with Crippen LogP contribution < -0.4 is 14.8 Å². The molecule has 0 saturated carbocycles. The summed E-state index contributed by atoms with van der Waals surface area (Å²) in [6, 6.07) is 17.8. The van der Waals surface area contributed by atoms with Crippen molar-refractivity contribution in [3.63, 3.8) is 0 Å². The van der Waals surface area contributed by atoms with Gasteiger partial charge < -0.3 is 14.8 Å². The van der Waals surface area contributed by atoms with E-state index in [4.69, 9.17) is 44.3 Å². The van der Waals surface area contributed by atoms with Crippen molar-refractivity contribution < 1.29 is 14.3 Å². The monoisotopic (exact) mass is 514 g/mol. The van der Waals surface area contributed by atoms with E-state index < -0.39 is 5.91 Å². The maximum atomic E-state index is 12.6. The van der Waals surface area contributed by atoms with Crippen molar-refractivity contribution in [3.05, 3.63) is 91.9 Å². The Balaban J connectivity index is 1.79. The number of hydrogen-bond donors (Lipinski definition) is 1. The molecule has 1 amide bonds. The van der Waals surface area contributed by atoms with Crippen LogP contribution in [0.4, 0.5) is 5.69 Å². The Hall–Kier alpha value is -3.17. The lowest BCUT2D eigenvalue weighted by molar-refractivity contribution is -0.112. The molecule has 0 saturated heterocycles. The molecule has 0 heterocycles. The van der Waals surface area contributed by atoms with E-state index in [0.29, 0.717) is 32.8 Å². The molecule has 0 aliphatic carbocycles. The summed E-state index contributed by atoms with van der Waals surface area (Å²) >= 11 is 18.4. The number of methoxy groups -OCH3 is 1. The van der Waals surface area contributed by atoms with Gasteiger partial charge in [0.25, 0.3) is 5.91 Å². The topological polar surface area (TPSA) is 71.4 Å². The van der Waals surface area contributed by atoms with Crippen molar-refractivity contribution >= 4 is 52.5 Å². The molecule has 0 atom stereocenters. The third-order valence-corrected chi connectivity index (χ3v) is 5.93. The normalized spacial score (nSPS) is 11.0. The number of amides is 1. The number of carbonyl (C=O) groups excluding carboxylic acids is 1. The molecule has 0 radical (unpaired) electrons. The van der Waals surface area contributed by atoms with Crippen molar-refractivity contribution in [3.8, 4) is 17.6 Å². The maximum absolute atomic E-state index is 12.6. The second-order valence-corrected chi connectivity index (χ2v) is 8.47. The Morgan fingerprint density at radius 1 is 1.00 bits per heavy atom. The number of rotatable bonds is 8. The van der Waals surface area contributed by atoms with Crippen molar-refractivity contribution in [2.45, 2.75) is 20.0 Å². The summed E-state index contributed by atoms with van der Waals surface area (Å²) in [6.45, 7) is 2.23. The third kappa shape index (κ3) is 6.45. The van der Waals surface area contributed by atoms with Crippen LogP contribution in [0, 0.1) is 11.3 Å². The number of benzene rings is 3. The van der Waals surface area contributed by atoms with E-state index >= 15 is 0 Å². The Morgan fingerprint density at radius 2 is 1.71 bits per heavy atom. The van der Waals surface area contributed by atoms with E-state index in [-0.39, 0.29) is 17.2 Å². The third-order valence-electron chi connectivity index (χ3n) is 4.92. The second kappa shape index (κ2) is 11.8. The Morgan fingerprint density at radius 3 is 2.32 bits per heavy atom. The van der Waals surface area contributed by atoms with E-state index in [1.54, 1.807) is 42.5 Å². The van der Waals surface area contributed by atoms with Gasteiger partial charge >= 0.3 is 0 Å². The van der Waals surface area contributed by atoms with Crippen LogP contribution in [0.2, 0.25) is 15.1 Å². The van der Waals surface area contributed by atoms with E-state index in [0.717, 1.165) is 17.5 Å². The van der Waals surface area contributed by atoms with Crippen molar-refractivity contribution in [1.82, 2.24) is 0 Å². The predicted octanol–water partition coefficient (Wildman–Crippen LogP) is 7.34. The zero-order valence-corrected chi connectivity index (χ0v) is 20.8. The van der Waals surface area contributed by atoms with Gasteiger partial charge in [0.2, 0.25) is 0 Å². The lowest BCUT2D eigenvalue weighted by Gasteiger charge is -2.14. The summed E-state index contributed by atoms with van der Waals surface area (Å²) in [5.41, 5.74) is 2.98. The number of aryl methyl sites for hydroxylation is 1. The Bertz CT molecular complexity index is 1270. The first-order chi connectivity index (χ1) is 16.3. The summed E-state index contributed by atoms with van der Waals surface area (Å²) in [5.74, 6) is 0.153. The van der Waals surface area contributed by atoms with Crippen molar-refractivity contribution in [2.75, 3.05) is 12.4 Å². The Kier molecular flexibility index (Phi) is 8.84. The van der Waals surface area contributed by atoms with Crippen LogP contribution in [0.5, 0.6) is 11.5 Å². The average molecular weight is 516 g/mol. The minimum absolute atomic E-state index is 0.0813. The minimum Gasteiger partial charge on any atom is -0.493 e. The summed E-state index contributed by atoms with van der Waals surface area (Å²) < 4.78 is 11.3. The van der Waals surface area contributed by atoms with Gasteiger partial charge in [0.05, 0.1) is 22.2 Å². The summed E-state index contributed by atoms with van der Waals surface area (Å²) in [7, 11) is 1.48. The number of nitriles is 1. The molecule has 0 aromatic heterocycles. The number of nitrogens with one attached hydrogen (secondary N) is 1. The first kappa shape index (κ1) is 25.5. The summed E-state index contributed by atoms with van der Waals surface area (Å²) in [4.78, 5) is 12.6. The lowest BCUT2D eigenvalue weighted by Crippen LogP contribution is -2.13. The molecule has 0 bridgehead atoms. The molecule has 3 aromatic carbocycles. The molecular formula is C26H21Cl3N2O3. The number of hydrogen-bond acceptors (Lipinski definition) is 4. The molecule has 1 N–H and O–H groups in total. The minimum atomic E-state index is -0.526. The predicted molar refractivity (Wildman–Crippen MR) is 137 cm³/mol. The standard InChI is InChI=1S/C26H21Cl3N2O3/c1-3-16-4-7-20(8-5-16)31-26(32)19(14-30)10-18-12-23(29)25(24(13-18)33-2)34-15-17-6-9-21(27)22(28)11-17/h4-13H,3,15H2,1-2H3,(H,31,32)/b19-10+. The largest absolute Gasteiger partial charge is 0.493 e. The van der Waals surface area contributed by atoms with Crippen LogP contribution in [-0.2, 0) is 17.8 Å². The van der Waals surface area contributed by atoms with Crippen LogP contribution in [0.15, 0.2) is 60.2 Å². The van der Waals surface area contributed by atoms with Crippen LogP contribution in [0.3, 0.4) is 0 Å². The van der Waals surface area contributed by atoms with Crippen LogP contribution >= 0.6 is 34.8 Å². The molecule has 0 aliphatic heterocycles. The summed E-state index contributed by atoms with van der Waals surface area (Å²) in [6.07, 6.45) is 2.33. The number of carbonyl (C=O) groups is 1. The van der Waals surface area contributed by atoms with E-state index in [9.17, 15) is 10.1 Å². The molecule has 8 heteroatoms. The number of anilines is 1. The fourth-order valence-electron chi connectivity index (χ4n) is 3.09. The van der Waals surface area contributed by atoms with Gasteiger partial charge in [-0.1, -0.05) is 59.9 Å². The smallest absolute Gasteiger partial charge is 0.266 e. The molecule has 0 fully saturated rings. The highest BCUT2D eigenvalue weighted by molar-refractivity contribution is 6.42. The first-order valence-electron chi connectivity index (χ1n) is 10.3. The van der Waals surface area contributed by atoms with Gasteiger partial charge in [-0.05, 0) is 65.6 Å². The molecule has 0 aliphatic rings. The lowest BCUT2D eigenvalue weighted by atomic mass is 10.1. The van der Waals surface area contributed by atoms with Gasteiger partial charge in [0, 0.05) is 5.69 Å².